The number of aromatic nitrogens is 1. The van der Waals surface area contributed by atoms with Crippen LogP contribution < -0.4 is 5.73 Å². The maximum absolute atomic E-state index is 9.84. The number of nitrogens with zero attached hydrogens (tertiary/aromatic N) is 1. The molecule has 0 spiro atoms. The van der Waals surface area contributed by atoms with Crippen LogP contribution in [0.25, 0.3) is 0 Å². The van der Waals surface area contributed by atoms with Crippen molar-refractivity contribution < 1.29 is 10.2 Å². The van der Waals surface area contributed by atoms with Crippen LogP contribution in [-0.4, -0.2) is 21.8 Å². The Labute approximate surface area is 102 Å². The maximum atomic E-state index is 9.84. The fourth-order valence-corrected chi connectivity index (χ4v) is 1.91. The van der Waals surface area contributed by atoms with Crippen LogP contribution >= 0.6 is 0 Å². The first-order valence-corrected chi connectivity index (χ1v) is 6.18. The number of aliphatic hydroxyl groups excluding tert-OH is 1. The number of pyridine rings is 1. The molecule has 0 fully saturated rings. The lowest BCUT2D eigenvalue weighted by molar-refractivity contribution is 0.282. The van der Waals surface area contributed by atoms with E-state index in [1.807, 2.05) is 6.20 Å². The molecule has 0 radical (unpaired) electrons. The molecule has 0 atom stereocenters. The smallest absolute Gasteiger partial charge is 0.141 e. The molecule has 1 rings (SSSR count). The molecule has 96 valence electrons. The third-order valence-corrected chi connectivity index (χ3v) is 2.99. The van der Waals surface area contributed by atoms with Crippen LogP contribution in [0.1, 0.15) is 42.5 Å². The van der Waals surface area contributed by atoms with E-state index >= 15 is 0 Å². The van der Waals surface area contributed by atoms with Gasteiger partial charge in [0.2, 0.25) is 0 Å². The van der Waals surface area contributed by atoms with Crippen molar-refractivity contribution in [3.8, 4) is 5.75 Å². The molecule has 1 aromatic rings. The third-order valence-electron chi connectivity index (χ3n) is 2.99. The van der Waals surface area contributed by atoms with Gasteiger partial charge in [-0.2, -0.15) is 0 Å². The molecule has 1 heterocycles. The summed E-state index contributed by atoms with van der Waals surface area (Å²) in [5, 5.41) is 18.5. The first-order valence-electron chi connectivity index (χ1n) is 6.18. The van der Waals surface area contributed by atoms with Gasteiger partial charge in [-0.05, 0) is 31.7 Å². The van der Waals surface area contributed by atoms with Crippen LogP contribution in [0.3, 0.4) is 0 Å². The third kappa shape index (κ3) is 3.98. The molecule has 4 heteroatoms. The summed E-state index contributed by atoms with van der Waals surface area (Å²) in [4.78, 5) is 4.16. The Morgan fingerprint density at radius 3 is 2.59 bits per heavy atom. The second kappa shape index (κ2) is 7.25. The van der Waals surface area contributed by atoms with E-state index in [2.05, 4.69) is 4.98 Å². The van der Waals surface area contributed by atoms with E-state index in [-0.39, 0.29) is 12.4 Å². The zero-order chi connectivity index (χ0) is 12.7. The summed E-state index contributed by atoms with van der Waals surface area (Å²) in [6.45, 7) is 2.39. The molecule has 0 amide bonds. The Balaban J connectivity index is 2.56. The number of aliphatic hydroxyl groups is 1. The number of aryl methyl sites for hydroxylation is 2. The van der Waals surface area contributed by atoms with Crippen molar-refractivity contribution in [3.63, 3.8) is 0 Å². The largest absolute Gasteiger partial charge is 0.506 e. The molecular weight excluding hydrogens is 216 g/mol. The van der Waals surface area contributed by atoms with Gasteiger partial charge in [0.25, 0.3) is 0 Å². The average Bonchev–Trinajstić information content (AvgIpc) is 2.33. The van der Waals surface area contributed by atoms with Gasteiger partial charge in [0, 0.05) is 24.9 Å². The molecular formula is C13H22N2O2. The van der Waals surface area contributed by atoms with Gasteiger partial charge < -0.3 is 15.9 Å². The van der Waals surface area contributed by atoms with Crippen molar-refractivity contribution in [1.82, 2.24) is 4.98 Å². The van der Waals surface area contributed by atoms with E-state index < -0.39 is 0 Å². The Morgan fingerprint density at radius 1 is 1.24 bits per heavy atom. The first-order chi connectivity index (χ1) is 8.20. The minimum absolute atomic E-state index is 0.236. The second-order valence-corrected chi connectivity index (χ2v) is 4.29. The number of aromatic hydroxyl groups is 1. The predicted octanol–water partition coefficient (Wildman–Crippen LogP) is 1.65. The number of nitrogens with two attached hydrogens (primary N) is 1. The fourth-order valence-electron chi connectivity index (χ4n) is 1.91. The van der Waals surface area contributed by atoms with Crippen molar-refractivity contribution in [1.29, 1.82) is 0 Å². The molecule has 0 aliphatic rings. The van der Waals surface area contributed by atoms with Crippen LogP contribution in [-0.2, 0) is 13.0 Å². The van der Waals surface area contributed by atoms with Crippen LogP contribution in [0.5, 0.6) is 5.75 Å². The van der Waals surface area contributed by atoms with E-state index in [0.29, 0.717) is 12.2 Å². The first kappa shape index (κ1) is 13.9. The summed E-state index contributed by atoms with van der Waals surface area (Å²) in [6, 6.07) is 0. The summed E-state index contributed by atoms with van der Waals surface area (Å²) in [5.74, 6) is 0.236. The van der Waals surface area contributed by atoms with Crippen molar-refractivity contribution in [3.05, 3.63) is 23.0 Å². The molecule has 0 aliphatic carbocycles. The van der Waals surface area contributed by atoms with Gasteiger partial charge in [0.15, 0.2) is 0 Å². The molecule has 0 saturated heterocycles. The molecule has 0 aromatic carbocycles. The van der Waals surface area contributed by atoms with Crippen LogP contribution in [0.2, 0.25) is 0 Å². The van der Waals surface area contributed by atoms with Crippen LogP contribution in [0.4, 0.5) is 0 Å². The van der Waals surface area contributed by atoms with Crippen molar-refractivity contribution in [2.75, 3.05) is 6.61 Å². The molecule has 0 aliphatic heterocycles. The second-order valence-electron chi connectivity index (χ2n) is 4.29. The Morgan fingerprint density at radius 2 is 1.94 bits per heavy atom. The standard InChI is InChI=1S/C13H22N2O2/c1-10-13(17)12(8-14)11(9-15-10)6-4-2-3-5-7-16/h9,16-17H,2-8,14H2,1H3. The van der Waals surface area contributed by atoms with E-state index in [0.717, 1.165) is 43.2 Å². The van der Waals surface area contributed by atoms with Gasteiger partial charge in [-0.1, -0.05) is 12.8 Å². The molecule has 0 saturated carbocycles. The molecule has 1 aromatic heterocycles. The van der Waals surface area contributed by atoms with E-state index in [1.54, 1.807) is 6.92 Å². The van der Waals surface area contributed by atoms with Gasteiger partial charge in [-0.15, -0.1) is 0 Å². The Hall–Kier alpha value is -1.13. The molecule has 0 unspecified atom stereocenters. The molecule has 4 N–H and O–H groups in total. The van der Waals surface area contributed by atoms with Crippen molar-refractivity contribution in [2.45, 2.75) is 45.6 Å². The quantitative estimate of drug-likeness (QED) is 0.631. The maximum Gasteiger partial charge on any atom is 0.141 e. The minimum Gasteiger partial charge on any atom is -0.506 e. The summed E-state index contributed by atoms with van der Waals surface area (Å²) in [6.07, 6.45) is 6.72. The molecule has 17 heavy (non-hydrogen) atoms. The summed E-state index contributed by atoms with van der Waals surface area (Å²) in [7, 11) is 0. The Kier molecular flexibility index (Phi) is 5.94. The summed E-state index contributed by atoms with van der Waals surface area (Å²) >= 11 is 0. The molecule has 0 bridgehead atoms. The van der Waals surface area contributed by atoms with Gasteiger partial charge >= 0.3 is 0 Å². The lowest BCUT2D eigenvalue weighted by Gasteiger charge is -2.11. The number of hydrogen-bond acceptors (Lipinski definition) is 4. The van der Waals surface area contributed by atoms with E-state index in [9.17, 15) is 5.11 Å². The van der Waals surface area contributed by atoms with Crippen molar-refractivity contribution in [2.24, 2.45) is 5.73 Å². The van der Waals surface area contributed by atoms with E-state index in [4.69, 9.17) is 10.8 Å². The van der Waals surface area contributed by atoms with Crippen LogP contribution in [0.15, 0.2) is 6.20 Å². The zero-order valence-corrected chi connectivity index (χ0v) is 10.4. The highest BCUT2D eigenvalue weighted by atomic mass is 16.3. The minimum atomic E-state index is 0.236. The monoisotopic (exact) mass is 238 g/mol. The highest BCUT2D eigenvalue weighted by molar-refractivity contribution is 5.40. The topological polar surface area (TPSA) is 79.4 Å². The lowest BCUT2D eigenvalue weighted by Crippen LogP contribution is -2.04. The highest BCUT2D eigenvalue weighted by Gasteiger charge is 2.09. The lowest BCUT2D eigenvalue weighted by atomic mass is 10.0. The SMILES string of the molecule is Cc1ncc(CCCCCCO)c(CN)c1O. The van der Waals surface area contributed by atoms with Gasteiger partial charge in [0.05, 0.1) is 5.69 Å². The zero-order valence-electron chi connectivity index (χ0n) is 10.4. The number of hydrogen-bond donors (Lipinski definition) is 3. The van der Waals surface area contributed by atoms with Crippen LogP contribution in [0, 0.1) is 6.92 Å². The number of rotatable bonds is 7. The predicted molar refractivity (Wildman–Crippen MR) is 67.8 cm³/mol. The average molecular weight is 238 g/mol. The van der Waals surface area contributed by atoms with E-state index in [1.165, 1.54) is 0 Å². The molecule has 4 nitrogen and oxygen atoms in total. The van der Waals surface area contributed by atoms with Gasteiger partial charge in [-0.25, -0.2) is 0 Å². The summed E-state index contributed by atoms with van der Waals surface area (Å²) < 4.78 is 0. The number of unbranched alkanes of at least 4 members (excludes halogenated alkanes) is 3. The van der Waals surface area contributed by atoms with Gasteiger partial charge in [-0.3, -0.25) is 4.98 Å². The van der Waals surface area contributed by atoms with Gasteiger partial charge in [0.1, 0.15) is 5.75 Å². The fraction of sp³-hybridized carbons (Fsp3) is 0.615. The Bertz CT molecular complexity index is 354. The summed E-state index contributed by atoms with van der Waals surface area (Å²) in [5.41, 5.74) is 8.15. The normalized spacial score (nSPS) is 10.8. The van der Waals surface area contributed by atoms with Crippen molar-refractivity contribution >= 4 is 0 Å². The highest BCUT2D eigenvalue weighted by Crippen LogP contribution is 2.24.